The molecule has 1 amide bonds. The number of carbonyl (C=O) groups is 1. The molecule has 0 spiro atoms. The number of anilines is 2. The van der Waals surface area contributed by atoms with Gasteiger partial charge in [-0.2, -0.15) is 0 Å². The van der Waals surface area contributed by atoms with Gasteiger partial charge in [0.2, 0.25) is 5.91 Å². The van der Waals surface area contributed by atoms with E-state index in [9.17, 15) is 9.18 Å². The van der Waals surface area contributed by atoms with Crippen molar-refractivity contribution < 1.29 is 14.3 Å². The van der Waals surface area contributed by atoms with Crippen molar-refractivity contribution >= 4 is 17.3 Å². The molecule has 1 heterocycles. The summed E-state index contributed by atoms with van der Waals surface area (Å²) in [7, 11) is 0. The number of rotatable bonds is 6. The first-order chi connectivity index (χ1) is 10.1. The molecule has 5 nitrogen and oxygen atoms in total. The molecule has 2 rings (SSSR count). The molecule has 0 radical (unpaired) electrons. The van der Waals surface area contributed by atoms with Gasteiger partial charge in [0.25, 0.3) is 0 Å². The average Bonchev–Trinajstić information content (AvgIpc) is 2.87. The zero-order chi connectivity index (χ0) is 15.2. The summed E-state index contributed by atoms with van der Waals surface area (Å²) in [6.45, 7) is 1.28. The van der Waals surface area contributed by atoms with E-state index in [-0.39, 0.29) is 24.7 Å². The lowest BCUT2D eigenvalue weighted by Crippen LogP contribution is -2.37. The Morgan fingerprint density at radius 3 is 3.10 bits per heavy atom. The van der Waals surface area contributed by atoms with Gasteiger partial charge in [0, 0.05) is 18.3 Å². The number of nitrogens with one attached hydrogen (secondary N) is 1. The molecule has 0 saturated carbocycles. The van der Waals surface area contributed by atoms with Crippen molar-refractivity contribution in [2.24, 2.45) is 0 Å². The third-order valence-electron chi connectivity index (χ3n) is 3.81. The predicted octanol–water partition coefficient (Wildman–Crippen LogP) is 1.58. The van der Waals surface area contributed by atoms with E-state index in [0.717, 1.165) is 32.2 Å². The van der Waals surface area contributed by atoms with Gasteiger partial charge in [-0.3, -0.25) is 9.69 Å². The molecule has 1 aromatic rings. The van der Waals surface area contributed by atoms with Crippen LogP contribution in [0.5, 0.6) is 0 Å². The van der Waals surface area contributed by atoms with Crippen molar-refractivity contribution in [2.75, 3.05) is 30.7 Å². The first kappa shape index (κ1) is 15.7. The lowest BCUT2D eigenvalue weighted by atomic mass is 10.1. The number of nitrogens with zero attached hydrogens (tertiary/aromatic N) is 1. The fraction of sp³-hybridized carbons (Fsp3) is 0.533. The molecule has 0 aromatic heterocycles. The summed E-state index contributed by atoms with van der Waals surface area (Å²) in [5.41, 5.74) is 6.12. The molecule has 1 atom stereocenters. The molecular formula is C15H22FN3O2. The zero-order valence-corrected chi connectivity index (χ0v) is 12.0. The van der Waals surface area contributed by atoms with Crippen LogP contribution in [0.3, 0.4) is 0 Å². The van der Waals surface area contributed by atoms with E-state index in [1.165, 1.54) is 18.2 Å². The van der Waals surface area contributed by atoms with Crippen molar-refractivity contribution in [1.82, 2.24) is 4.90 Å². The van der Waals surface area contributed by atoms with Crippen LogP contribution < -0.4 is 11.1 Å². The van der Waals surface area contributed by atoms with Gasteiger partial charge in [-0.1, -0.05) is 0 Å². The first-order valence-corrected chi connectivity index (χ1v) is 7.30. The molecule has 1 fully saturated rings. The summed E-state index contributed by atoms with van der Waals surface area (Å²) in [4.78, 5) is 14.1. The lowest BCUT2D eigenvalue weighted by molar-refractivity contribution is -0.117. The number of hydrogen-bond donors (Lipinski definition) is 3. The summed E-state index contributed by atoms with van der Waals surface area (Å²) in [5, 5.41) is 11.5. The molecule has 1 aliphatic rings. The van der Waals surface area contributed by atoms with E-state index in [2.05, 4.69) is 10.2 Å². The van der Waals surface area contributed by atoms with Crippen molar-refractivity contribution in [3.05, 3.63) is 24.0 Å². The van der Waals surface area contributed by atoms with E-state index in [1.54, 1.807) is 0 Å². The number of hydrogen-bond acceptors (Lipinski definition) is 4. The third kappa shape index (κ3) is 4.41. The number of nitrogen functional groups attached to an aromatic ring is 1. The van der Waals surface area contributed by atoms with Gasteiger partial charge in [0.1, 0.15) is 5.82 Å². The molecule has 0 aliphatic carbocycles. The quantitative estimate of drug-likeness (QED) is 0.696. The monoisotopic (exact) mass is 295 g/mol. The molecule has 1 saturated heterocycles. The molecule has 1 aromatic carbocycles. The van der Waals surface area contributed by atoms with Gasteiger partial charge in [0.05, 0.1) is 12.2 Å². The summed E-state index contributed by atoms with van der Waals surface area (Å²) >= 11 is 0. The number of benzene rings is 1. The minimum absolute atomic E-state index is 0.117. The maximum absolute atomic E-state index is 13.6. The third-order valence-corrected chi connectivity index (χ3v) is 3.81. The highest BCUT2D eigenvalue weighted by molar-refractivity contribution is 5.92. The van der Waals surface area contributed by atoms with Crippen molar-refractivity contribution in [3.63, 3.8) is 0 Å². The Kier molecular flexibility index (Phi) is 5.52. The van der Waals surface area contributed by atoms with Crippen molar-refractivity contribution in [2.45, 2.75) is 31.7 Å². The van der Waals surface area contributed by atoms with E-state index in [1.807, 2.05) is 0 Å². The normalized spacial score (nSPS) is 18.9. The Morgan fingerprint density at radius 2 is 2.33 bits per heavy atom. The first-order valence-electron chi connectivity index (χ1n) is 7.30. The topological polar surface area (TPSA) is 78.6 Å². The fourth-order valence-corrected chi connectivity index (χ4v) is 2.77. The van der Waals surface area contributed by atoms with Crippen molar-refractivity contribution in [3.8, 4) is 0 Å². The summed E-state index contributed by atoms with van der Waals surface area (Å²) < 4.78 is 13.6. The molecule has 116 valence electrons. The number of halogens is 1. The van der Waals surface area contributed by atoms with Gasteiger partial charge in [0.15, 0.2) is 0 Å². The van der Waals surface area contributed by atoms with Crippen LogP contribution in [0, 0.1) is 5.82 Å². The van der Waals surface area contributed by atoms with Gasteiger partial charge in [-0.05, 0) is 50.4 Å². The Bertz CT molecular complexity index is 496. The maximum atomic E-state index is 13.6. The highest BCUT2D eigenvalue weighted by atomic mass is 19.1. The standard InChI is InChI=1S/C15H22FN3O2/c16-13-6-5-11(17)9-14(13)18-15(21)10-19-7-1-3-12(19)4-2-8-20/h5-6,9,12,20H,1-4,7-8,10,17H2,(H,18,21). The zero-order valence-electron chi connectivity index (χ0n) is 12.0. The van der Waals surface area contributed by atoms with E-state index in [4.69, 9.17) is 10.8 Å². The van der Waals surface area contributed by atoms with Gasteiger partial charge in [-0.15, -0.1) is 0 Å². The minimum atomic E-state index is -0.490. The van der Waals surface area contributed by atoms with Gasteiger partial charge >= 0.3 is 0 Å². The largest absolute Gasteiger partial charge is 0.399 e. The van der Waals surface area contributed by atoms with Crippen LogP contribution in [-0.2, 0) is 4.79 Å². The number of carbonyl (C=O) groups excluding carboxylic acids is 1. The van der Waals surface area contributed by atoms with Gasteiger partial charge < -0.3 is 16.2 Å². The molecule has 0 bridgehead atoms. The summed E-state index contributed by atoms with van der Waals surface area (Å²) in [6, 6.07) is 4.44. The lowest BCUT2D eigenvalue weighted by Gasteiger charge is -2.23. The second-order valence-corrected chi connectivity index (χ2v) is 5.42. The molecule has 1 aliphatic heterocycles. The smallest absolute Gasteiger partial charge is 0.238 e. The SMILES string of the molecule is Nc1ccc(F)c(NC(=O)CN2CCCC2CCCO)c1. The Labute approximate surface area is 123 Å². The average molecular weight is 295 g/mol. The molecular weight excluding hydrogens is 273 g/mol. The number of nitrogens with two attached hydrogens (primary N) is 1. The van der Waals surface area contributed by atoms with Crippen LogP contribution in [0.2, 0.25) is 0 Å². The Balaban J connectivity index is 1.90. The minimum Gasteiger partial charge on any atom is -0.399 e. The van der Waals surface area contributed by atoms with E-state index in [0.29, 0.717) is 11.7 Å². The number of amides is 1. The van der Waals surface area contributed by atoms with Crippen LogP contribution in [0.1, 0.15) is 25.7 Å². The number of aliphatic hydroxyl groups excluding tert-OH is 1. The van der Waals surface area contributed by atoms with Crippen LogP contribution >= 0.6 is 0 Å². The van der Waals surface area contributed by atoms with Crippen LogP contribution in [0.4, 0.5) is 15.8 Å². The second-order valence-electron chi connectivity index (χ2n) is 5.42. The predicted molar refractivity (Wildman–Crippen MR) is 80.4 cm³/mol. The summed E-state index contributed by atoms with van der Waals surface area (Å²) in [5.74, 6) is -0.730. The number of aliphatic hydroxyl groups is 1. The Morgan fingerprint density at radius 1 is 1.52 bits per heavy atom. The number of likely N-dealkylation sites (tertiary alicyclic amines) is 1. The highest BCUT2D eigenvalue weighted by Gasteiger charge is 2.25. The molecule has 1 unspecified atom stereocenters. The second kappa shape index (κ2) is 7.38. The maximum Gasteiger partial charge on any atom is 0.238 e. The summed E-state index contributed by atoms with van der Waals surface area (Å²) in [6.07, 6.45) is 3.72. The molecule has 6 heteroatoms. The molecule has 4 N–H and O–H groups in total. The highest BCUT2D eigenvalue weighted by Crippen LogP contribution is 2.22. The van der Waals surface area contributed by atoms with E-state index >= 15 is 0 Å². The van der Waals surface area contributed by atoms with E-state index < -0.39 is 5.82 Å². The van der Waals surface area contributed by atoms with Gasteiger partial charge in [-0.25, -0.2) is 4.39 Å². The van der Waals surface area contributed by atoms with Crippen molar-refractivity contribution in [1.29, 1.82) is 0 Å². The van der Waals surface area contributed by atoms with Crippen LogP contribution in [0.15, 0.2) is 18.2 Å². The van der Waals surface area contributed by atoms with Crippen LogP contribution in [0.25, 0.3) is 0 Å². The fourth-order valence-electron chi connectivity index (χ4n) is 2.77. The van der Waals surface area contributed by atoms with Crippen LogP contribution in [-0.4, -0.2) is 41.7 Å². The Hall–Kier alpha value is -1.66. The molecule has 21 heavy (non-hydrogen) atoms.